The van der Waals surface area contributed by atoms with E-state index < -0.39 is 17.0 Å². The molecule has 0 heterocycles. The second-order valence-corrected chi connectivity index (χ2v) is 6.14. The minimum Gasteiger partial charge on any atom is -0.461 e. The highest BCUT2D eigenvalue weighted by atomic mass is 32.2. The quantitative estimate of drug-likeness (QED) is 0.527. The third-order valence-corrected chi connectivity index (χ3v) is 3.14. The highest BCUT2D eigenvalue weighted by Gasteiger charge is 2.35. The molecule has 4 nitrogen and oxygen atoms in total. The molecule has 0 aliphatic rings. The van der Waals surface area contributed by atoms with Crippen molar-refractivity contribution in [2.75, 3.05) is 18.6 Å². The van der Waals surface area contributed by atoms with E-state index in [4.69, 9.17) is 9.47 Å². The molecular weight excluding hydrogens is 252 g/mol. The molecule has 0 aliphatic carbocycles. The van der Waals surface area contributed by atoms with E-state index in [1.807, 2.05) is 20.1 Å². The second-order valence-electron chi connectivity index (χ2n) is 5.28. The average molecular weight is 274 g/mol. The van der Waals surface area contributed by atoms with Gasteiger partial charge in [0.2, 0.25) is 0 Å². The highest BCUT2D eigenvalue weighted by Crippen LogP contribution is 2.24. The van der Waals surface area contributed by atoms with E-state index in [2.05, 4.69) is 6.58 Å². The molecule has 0 amide bonds. The molecule has 0 atom stereocenters. The van der Waals surface area contributed by atoms with Gasteiger partial charge in [0.15, 0.2) is 0 Å². The van der Waals surface area contributed by atoms with Crippen molar-refractivity contribution in [3.8, 4) is 0 Å². The number of hydrogen-bond acceptors (Lipinski definition) is 5. The number of hydrogen-bond donors (Lipinski definition) is 0. The Balaban J connectivity index is 4.46. The first kappa shape index (κ1) is 17.0. The van der Waals surface area contributed by atoms with Crippen LogP contribution >= 0.6 is 11.8 Å². The Kier molecular flexibility index (Phi) is 6.46. The van der Waals surface area contributed by atoms with Crippen LogP contribution in [0, 0.1) is 5.41 Å². The molecule has 0 fully saturated rings. The molecule has 0 bridgehead atoms. The number of esters is 2. The molecule has 0 unspecified atom stereocenters. The number of carbonyl (C=O) groups excluding carboxylic acids is 2. The Morgan fingerprint density at radius 3 is 2.28 bits per heavy atom. The molecule has 5 heteroatoms. The zero-order valence-corrected chi connectivity index (χ0v) is 12.6. The molecule has 18 heavy (non-hydrogen) atoms. The maximum absolute atomic E-state index is 12.0. The Labute approximate surface area is 113 Å². The molecule has 0 radical (unpaired) electrons. The van der Waals surface area contributed by atoms with Crippen molar-refractivity contribution >= 4 is 23.7 Å². The fourth-order valence-electron chi connectivity index (χ4n) is 1.14. The first-order chi connectivity index (χ1) is 8.14. The van der Waals surface area contributed by atoms with Gasteiger partial charge in [0.05, 0.1) is 5.41 Å². The van der Waals surface area contributed by atoms with Gasteiger partial charge < -0.3 is 9.47 Å². The van der Waals surface area contributed by atoms with E-state index in [-0.39, 0.29) is 12.6 Å². The first-order valence-corrected chi connectivity index (χ1v) is 7.05. The lowest BCUT2D eigenvalue weighted by atomic mass is 9.94. The van der Waals surface area contributed by atoms with Crippen molar-refractivity contribution in [3.63, 3.8) is 0 Å². The molecule has 0 aromatic carbocycles. The lowest BCUT2D eigenvalue weighted by Crippen LogP contribution is -2.39. The third-order valence-electron chi connectivity index (χ3n) is 2.16. The van der Waals surface area contributed by atoms with Gasteiger partial charge in [0.25, 0.3) is 0 Å². The molecule has 0 spiro atoms. The third kappa shape index (κ3) is 6.10. The lowest BCUT2D eigenvalue weighted by Gasteiger charge is -2.30. The fraction of sp³-hybridized carbons (Fsp3) is 0.692. The van der Waals surface area contributed by atoms with Gasteiger partial charge >= 0.3 is 11.9 Å². The maximum atomic E-state index is 12.0. The van der Waals surface area contributed by atoms with Crippen molar-refractivity contribution in [1.82, 2.24) is 0 Å². The molecule has 0 saturated heterocycles. The Morgan fingerprint density at radius 1 is 1.28 bits per heavy atom. The summed E-state index contributed by atoms with van der Waals surface area (Å²) in [6.07, 6.45) is 3.02. The number of ether oxygens (including phenoxy) is 2. The summed E-state index contributed by atoms with van der Waals surface area (Å²) in [5, 5.41) is 0. The SMILES string of the molecule is C=CC(=O)OCC(C)(C)C(=O)OC(C)(C)CSC. The van der Waals surface area contributed by atoms with Crippen molar-refractivity contribution in [3.05, 3.63) is 12.7 Å². The van der Waals surface area contributed by atoms with Gasteiger partial charge in [-0.3, -0.25) is 4.79 Å². The molecule has 0 saturated carbocycles. The summed E-state index contributed by atoms with van der Waals surface area (Å²) in [5.74, 6) is -0.209. The lowest BCUT2D eigenvalue weighted by molar-refractivity contribution is -0.169. The number of carbonyl (C=O) groups is 2. The van der Waals surface area contributed by atoms with Crippen LogP contribution < -0.4 is 0 Å². The van der Waals surface area contributed by atoms with Gasteiger partial charge in [0, 0.05) is 11.8 Å². The Morgan fingerprint density at radius 2 is 1.83 bits per heavy atom. The summed E-state index contributed by atoms with van der Waals surface area (Å²) in [6, 6.07) is 0. The van der Waals surface area contributed by atoms with Crippen molar-refractivity contribution in [2.45, 2.75) is 33.3 Å². The summed E-state index contributed by atoms with van der Waals surface area (Å²) in [5.41, 5.74) is -1.40. The van der Waals surface area contributed by atoms with Crippen molar-refractivity contribution in [2.24, 2.45) is 5.41 Å². The molecule has 0 rings (SSSR count). The van der Waals surface area contributed by atoms with Crippen LogP contribution in [0.15, 0.2) is 12.7 Å². The summed E-state index contributed by atoms with van der Waals surface area (Å²) in [6.45, 7) is 10.3. The van der Waals surface area contributed by atoms with Crippen LogP contribution in [0.2, 0.25) is 0 Å². The van der Waals surface area contributed by atoms with Crippen LogP contribution in [0.3, 0.4) is 0 Å². The molecule has 0 aliphatic heterocycles. The largest absolute Gasteiger partial charge is 0.461 e. The molecular formula is C13H22O4S. The van der Waals surface area contributed by atoms with E-state index in [1.54, 1.807) is 25.6 Å². The Bertz CT molecular complexity index is 321. The van der Waals surface area contributed by atoms with E-state index in [0.717, 1.165) is 6.08 Å². The van der Waals surface area contributed by atoms with Crippen LogP contribution in [0.25, 0.3) is 0 Å². The zero-order valence-electron chi connectivity index (χ0n) is 11.7. The van der Waals surface area contributed by atoms with Crippen LogP contribution in [0.4, 0.5) is 0 Å². The molecule has 104 valence electrons. The van der Waals surface area contributed by atoms with Crippen LogP contribution in [0.1, 0.15) is 27.7 Å². The highest BCUT2D eigenvalue weighted by molar-refractivity contribution is 7.98. The summed E-state index contributed by atoms with van der Waals surface area (Å²) in [4.78, 5) is 23.0. The minimum atomic E-state index is -0.867. The number of rotatable bonds is 7. The molecule has 0 N–H and O–H groups in total. The topological polar surface area (TPSA) is 52.6 Å². The van der Waals surface area contributed by atoms with Crippen LogP contribution in [-0.4, -0.2) is 36.2 Å². The average Bonchev–Trinajstić information content (AvgIpc) is 2.25. The fourth-order valence-corrected chi connectivity index (χ4v) is 1.89. The number of thioether (sulfide) groups is 1. The van der Waals surface area contributed by atoms with Gasteiger partial charge in [-0.15, -0.1) is 0 Å². The first-order valence-electron chi connectivity index (χ1n) is 5.66. The molecule has 0 aromatic rings. The second kappa shape index (κ2) is 6.83. The van der Waals surface area contributed by atoms with E-state index >= 15 is 0 Å². The monoisotopic (exact) mass is 274 g/mol. The van der Waals surface area contributed by atoms with Gasteiger partial charge in [-0.2, -0.15) is 11.8 Å². The predicted molar refractivity (Wildman–Crippen MR) is 73.5 cm³/mol. The summed E-state index contributed by atoms with van der Waals surface area (Å²) < 4.78 is 10.3. The van der Waals surface area contributed by atoms with Crippen LogP contribution in [0.5, 0.6) is 0 Å². The molecule has 0 aromatic heterocycles. The van der Waals surface area contributed by atoms with E-state index in [0.29, 0.717) is 5.75 Å². The minimum absolute atomic E-state index is 0.0218. The smallest absolute Gasteiger partial charge is 0.330 e. The predicted octanol–water partition coefficient (Wildman–Crippen LogP) is 2.43. The Hall–Kier alpha value is -0.970. The normalized spacial score (nSPS) is 11.8. The summed E-state index contributed by atoms with van der Waals surface area (Å²) >= 11 is 1.61. The van der Waals surface area contributed by atoms with Gasteiger partial charge in [-0.25, -0.2) is 4.79 Å². The maximum Gasteiger partial charge on any atom is 0.330 e. The van der Waals surface area contributed by atoms with Gasteiger partial charge in [-0.1, -0.05) is 6.58 Å². The van der Waals surface area contributed by atoms with E-state index in [9.17, 15) is 9.59 Å². The standard InChI is InChI=1S/C13H22O4S/c1-7-10(14)16-8-12(2,3)11(15)17-13(4,5)9-18-6/h7H,1,8-9H2,2-6H3. The van der Waals surface area contributed by atoms with Crippen molar-refractivity contribution < 1.29 is 19.1 Å². The van der Waals surface area contributed by atoms with Crippen molar-refractivity contribution in [1.29, 1.82) is 0 Å². The zero-order chi connectivity index (χ0) is 14.4. The van der Waals surface area contributed by atoms with Gasteiger partial charge in [-0.05, 0) is 34.0 Å². The van der Waals surface area contributed by atoms with Gasteiger partial charge in [0.1, 0.15) is 12.2 Å². The van der Waals surface area contributed by atoms with Crippen LogP contribution in [-0.2, 0) is 19.1 Å². The van der Waals surface area contributed by atoms with E-state index in [1.165, 1.54) is 0 Å². The summed E-state index contributed by atoms with van der Waals surface area (Å²) in [7, 11) is 0.